The van der Waals surface area contributed by atoms with E-state index in [1.54, 1.807) is 0 Å². The molecule has 0 radical (unpaired) electrons. The third kappa shape index (κ3) is 4.60. The molecule has 0 unspecified atom stereocenters. The minimum Gasteiger partial charge on any atom is -0.491 e. The molecule has 0 bridgehead atoms. The van der Waals surface area contributed by atoms with Gasteiger partial charge in [0.15, 0.2) is 0 Å². The lowest BCUT2D eigenvalue weighted by Gasteiger charge is -2.16. The summed E-state index contributed by atoms with van der Waals surface area (Å²) in [6.07, 6.45) is 5.07. The Bertz CT molecular complexity index is 511. The molecule has 4 nitrogen and oxygen atoms in total. The highest BCUT2D eigenvalue weighted by Gasteiger charge is 2.20. The van der Waals surface area contributed by atoms with Gasteiger partial charge in [-0.1, -0.05) is 30.4 Å². The minimum atomic E-state index is -0.0250. The fraction of sp³-hybridized carbons (Fsp3) is 0.471. The standard InChI is InChI=1S/C17H23NO3/c1-12(2)21-16-6-4-3-5-14(16)10-17(20)18-15-8-7-13(9-15)11-19/h3-8,12-13,15,19H,9-11H2,1-2H3,(H,18,20)/t13-,15+/m0/s1. The van der Waals surface area contributed by atoms with Gasteiger partial charge in [0.1, 0.15) is 5.75 Å². The van der Waals surface area contributed by atoms with Gasteiger partial charge in [-0.3, -0.25) is 4.79 Å². The third-order valence-electron chi connectivity index (χ3n) is 3.44. The Morgan fingerprint density at radius 3 is 2.81 bits per heavy atom. The lowest BCUT2D eigenvalue weighted by atomic mass is 10.1. The first kappa shape index (κ1) is 15.6. The summed E-state index contributed by atoms with van der Waals surface area (Å²) < 4.78 is 5.72. The van der Waals surface area contributed by atoms with Crippen molar-refractivity contribution in [1.82, 2.24) is 5.32 Å². The summed E-state index contributed by atoms with van der Waals surface area (Å²) in [7, 11) is 0. The first-order valence-corrected chi connectivity index (χ1v) is 7.41. The maximum Gasteiger partial charge on any atom is 0.225 e. The van der Waals surface area contributed by atoms with E-state index in [-0.39, 0.29) is 30.6 Å². The second kappa shape index (κ2) is 7.27. The average Bonchev–Trinajstić information content (AvgIpc) is 2.88. The molecule has 114 valence electrons. The van der Waals surface area contributed by atoms with Gasteiger partial charge in [0.25, 0.3) is 0 Å². The van der Waals surface area contributed by atoms with Crippen molar-refractivity contribution >= 4 is 5.91 Å². The number of hydrogen-bond acceptors (Lipinski definition) is 3. The molecule has 0 saturated carbocycles. The molecule has 1 aromatic rings. The van der Waals surface area contributed by atoms with Crippen LogP contribution in [0.1, 0.15) is 25.8 Å². The van der Waals surface area contributed by atoms with Crippen LogP contribution in [0.25, 0.3) is 0 Å². The molecule has 2 N–H and O–H groups in total. The molecule has 0 fully saturated rings. The van der Waals surface area contributed by atoms with Crippen LogP contribution in [0.2, 0.25) is 0 Å². The molecule has 4 heteroatoms. The minimum absolute atomic E-state index is 0.0211. The smallest absolute Gasteiger partial charge is 0.225 e. The van der Waals surface area contributed by atoms with Gasteiger partial charge in [0, 0.05) is 24.1 Å². The SMILES string of the molecule is CC(C)Oc1ccccc1CC(=O)N[C@@H]1C=C[C@H](CO)C1. The van der Waals surface area contributed by atoms with E-state index >= 15 is 0 Å². The predicted molar refractivity (Wildman–Crippen MR) is 82.2 cm³/mol. The van der Waals surface area contributed by atoms with E-state index in [1.807, 2.05) is 50.3 Å². The van der Waals surface area contributed by atoms with Crippen LogP contribution < -0.4 is 10.1 Å². The van der Waals surface area contributed by atoms with Crippen LogP contribution in [-0.4, -0.2) is 29.8 Å². The predicted octanol–water partition coefficient (Wildman–Crippen LogP) is 2.07. The third-order valence-corrected chi connectivity index (χ3v) is 3.44. The van der Waals surface area contributed by atoms with Gasteiger partial charge in [0.2, 0.25) is 5.91 Å². The summed E-state index contributed by atoms with van der Waals surface area (Å²) in [5.41, 5.74) is 0.893. The lowest BCUT2D eigenvalue weighted by molar-refractivity contribution is -0.120. The fourth-order valence-corrected chi connectivity index (χ4v) is 2.47. The Morgan fingerprint density at radius 1 is 1.38 bits per heavy atom. The molecule has 1 amide bonds. The van der Waals surface area contributed by atoms with E-state index in [2.05, 4.69) is 5.32 Å². The van der Waals surface area contributed by atoms with Gasteiger partial charge in [-0.2, -0.15) is 0 Å². The Kier molecular flexibility index (Phi) is 5.39. The summed E-state index contributed by atoms with van der Waals surface area (Å²) in [5, 5.41) is 12.1. The van der Waals surface area contributed by atoms with E-state index in [4.69, 9.17) is 9.84 Å². The molecule has 0 spiro atoms. The normalized spacial score (nSPS) is 20.8. The summed E-state index contributed by atoms with van der Waals surface area (Å²) in [4.78, 5) is 12.1. The molecular weight excluding hydrogens is 266 g/mol. The van der Waals surface area contributed by atoms with Crippen molar-refractivity contribution in [2.75, 3.05) is 6.61 Å². The number of aliphatic hydroxyl groups is 1. The van der Waals surface area contributed by atoms with E-state index in [9.17, 15) is 4.79 Å². The van der Waals surface area contributed by atoms with Crippen molar-refractivity contribution in [3.05, 3.63) is 42.0 Å². The molecule has 0 aliphatic heterocycles. The number of aliphatic hydroxyl groups excluding tert-OH is 1. The fourth-order valence-electron chi connectivity index (χ4n) is 2.47. The van der Waals surface area contributed by atoms with Crippen molar-refractivity contribution in [3.8, 4) is 5.75 Å². The van der Waals surface area contributed by atoms with Crippen molar-refractivity contribution in [2.24, 2.45) is 5.92 Å². The summed E-state index contributed by atoms with van der Waals surface area (Å²) in [6, 6.07) is 7.64. The average molecular weight is 289 g/mol. The van der Waals surface area contributed by atoms with Crippen molar-refractivity contribution in [3.63, 3.8) is 0 Å². The zero-order valence-corrected chi connectivity index (χ0v) is 12.6. The van der Waals surface area contributed by atoms with Gasteiger partial charge in [-0.15, -0.1) is 0 Å². The second-order valence-corrected chi connectivity index (χ2v) is 5.69. The largest absolute Gasteiger partial charge is 0.491 e. The van der Waals surface area contributed by atoms with Crippen LogP contribution in [-0.2, 0) is 11.2 Å². The van der Waals surface area contributed by atoms with Crippen LogP contribution in [0.5, 0.6) is 5.75 Å². The molecule has 1 aliphatic carbocycles. The molecule has 0 saturated heterocycles. The first-order chi connectivity index (χ1) is 10.1. The number of benzene rings is 1. The maximum atomic E-state index is 12.1. The van der Waals surface area contributed by atoms with Crippen LogP contribution in [0.15, 0.2) is 36.4 Å². The van der Waals surface area contributed by atoms with Crippen molar-refractivity contribution < 1.29 is 14.6 Å². The van der Waals surface area contributed by atoms with Gasteiger partial charge in [-0.25, -0.2) is 0 Å². The molecule has 0 heterocycles. The second-order valence-electron chi connectivity index (χ2n) is 5.69. The summed E-state index contributed by atoms with van der Waals surface area (Å²) in [5.74, 6) is 0.896. The Balaban J connectivity index is 1.92. The lowest BCUT2D eigenvalue weighted by Crippen LogP contribution is -2.34. The van der Waals surface area contributed by atoms with Crippen LogP contribution in [0, 0.1) is 5.92 Å². The number of carbonyl (C=O) groups is 1. The molecule has 21 heavy (non-hydrogen) atoms. The number of hydrogen-bond donors (Lipinski definition) is 2. The highest BCUT2D eigenvalue weighted by Crippen LogP contribution is 2.21. The Labute approximate surface area is 125 Å². The summed E-state index contributed by atoms with van der Waals surface area (Å²) >= 11 is 0. The molecule has 1 aliphatic rings. The van der Waals surface area contributed by atoms with Crippen molar-refractivity contribution in [1.29, 1.82) is 0 Å². The number of carbonyl (C=O) groups excluding carboxylic acids is 1. The van der Waals surface area contributed by atoms with Crippen LogP contribution >= 0.6 is 0 Å². The summed E-state index contributed by atoms with van der Waals surface area (Å²) in [6.45, 7) is 4.07. The van der Waals surface area contributed by atoms with Gasteiger partial charge in [-0.05, 0) is 26.3 Å². The number of nitrogens with one attached hydrogen (secondary N) is 1. The number of amides is 1. The van der Waals surface area contributed by atoms with Crippen molar-refractivity contribution in [2.45, 2.75) is 38.8 Å². The highest BCUT2D eigenvalue weighted by molar-refractivity contribution is 5.79. The zero-order valence-electron chi connectivity index (χ0n) is 12.6. The van der Waals surface area contributed by atoms with E-state index in [0.29, 0.717) is 6.42 Å². The highest BCUT2D eigenvalue weighted by atomic mass is 16.5. The number of ether oxygens (including phenoxy) is 1. The molecular formula is C17H23NO3. The Hall–Kier alpha value is -1.81. The van der Waals surface area contributed by atoms with E-state index in [0.717, 1.165) is 17.7 Å². The maximum absolute atomic E-state index is 12.1. The Morgan fingerprint density at radius 2 is 2.14 bits per heavy atom. The van der Waals surface area contributed by atoms with Gasteiger partial charge >= 0.3 is 0 Å². The number of para-hydroxylation sites is 1. The van der Waals surface area contributed by atoms with Crippen LogP contribution in [0.4, 0.5) is 0 Å². The molecule has 0 aromatic heterocycles. The molecule has 2 atom stereocenters. The van der Waals surface area contributed by atoms with Crippen LogP contribution in [0.3, 0.4) is 0 Å². The first-order valence-electron chi connectivity index (χ1n) is 7.41. The van der Waals surface area contributed by atoms with E-state index in [1.165, 1.54) is 0 Å². The topological polar surface area (TPSA) is 58.6 Å². The quantitative estimate of drug-likeness (QED) is 0.788. The van der Waals surface area contributed by atoms with E-state index < -0.39 is 0 Å². The monoisotopic (exact) mass is 289 g/mol. The van der Waals surface area contributed by atoms with Gasteiger partial charge < -0.3 is 15.2 Å². The number of rotatable bonds is 6. The molecule has 2 rings (SSSR count). The van der Waals surface area contributed by atoms with Gasteiger partial charge in [0.05, 0.1) is 12.5 Å². The molecule has 1 aromatic carbocycles. The zero-order chi connectivity index (χ0) is 15.2.